The molecule has 62 valence electrons. The van der Waals surface area contributed by atoms with E-state index in [0.29, 0.717) is 6.42 Å². The van der Waals surface area contributed by atoms with Crippen LogP contribution in [0.4, 0.5) is 0 Å². The fourth-order valence-electron chi connectivity index (χ4n) is 1.38. The monoisotopic (exact) mass is 155 g/mol. The highest BCUT2D eigenvalue weighted by Crippen LogP contribution is 2.13. The molecule has 0 bridgehead atoms. The molecule has 0 aliphatic heterocycles. The highest BCUT2D eigenvalue weighted by molar-refractivity contribution is 5.88. The van der Waals surface area contributed by atoms with Gasteiger partial charge in [-0.05, 0) is 12.8 Å². The molecule has 0 spiro atoms. The first kappa shape index (κ1) is 8.24. The van der Waals surface area contributed by atoms with Gasteiger partial charge in [0.25, 0.3) is 0 Å². The molecule has 1 saturated carbocycles. The van der Waals surface area contributed by atoms with Crippen LogP contribution in [0.5, 0.6) is 0 Å². The zero-order valence-corrected chi connectivity index (χ0v) is 6.72. The van der Waals surface area contributed by atoms with Crippen LogP contribution in [0.25, 0.3) is 0 Å². The lowest BCUT2D eigenvalue weighted by molar-refractivity contribution is -0.127. The largest absolute Gasteiger partial charge is 0.347 e. The second kappa shape index (κ2) is 3.51. The van der Waals surface area contributed by atoms with Gasteiger partial charge in [-0.15, -0.1) is 0 Å². The Kier molecular flexibility index (Phi) is 2.63. The zero-order chi connectivity index (χ0) is 8.27. The summed E-state index contributed by atoms with van der Waals surface area (Å²) in [7, 11) is 0. The standard InChI is InChI=1S/C8H13NO2/c1-6(10)9-7-4-2-3-5-8(7)11/h7H,2-5H2,1H3,(H,9,10)/t7-/m0/s1. The smallest absolute Gasteiger partial charge is 0.217 e. The maximum absolute atomic E-state index is 11.1. The lowest BCUT2D eigenvalue weighted by atomic mass is 9.94. The van der Waals surface area contributed by atoms with Crippen molar-refractivity contribution in [2.24, 2.45) is 0 Å². The van der Waals surface area contributed by atoms with Crippen LogP contribution in [-0.2, 0) is 9.59 Å². The second-order valence-corrected chi connectivity index (χ2v) is 2.97. The molecular formula is C8H13NO2. The van der Waals surface area contributed by atoms with Crippen molar-refractivity contribution >= 4 is 11.7 Å². The van der Waals surface area contributed by atoms with Gasteiger partial charge in [0.05, 0.1) is 6.04 Å². The summed E-state index contributed by atoms with van der Waals surface area (Å²) in [6.07, 6.45) is 3.48. The zero-order valence-electron chi connectivity index (χ0n) is 6.72. The van der Waals surface area contributed by atoms with E-state index in [1.54, 1.807) is 0 Å². The number of Topliss-reactive ketones (excluding diaryl/α,β-unsaturated/α-hetero) is 1. The summed E-state index contributed by atoms with van der Waals surface area (Å²) in [5.41, 5.74) is 0. The Morgan fingerprint density at radius 1 is 1.55 bits per heavy atom. The number of rotatable bonds is 1. The van der Waals surface area contributed by atoms with Crippen molar-refractivity contribution in [2.45, 2.75) is 38.6 Å². The van der Waals surface area contributed by atoms with E-state index in [-0.39, 0.29) is 17.7 Å². The van der Waals surface area contributed by atoms with Crippen LogP contribution in [0.3, 0.4) is 0 Å². The highest BCUT2D eigenvalue weighted by Gasteiger charge is 2.21. The first-order chi connectivity index (χ1) is 5.20. The topological polar surface area (TPSA) is 46.2 Å². The summed E-state index contributed by atoms with van der Waals surface area (Å²) in [6, 6.07) is -0.193. The molecule has 0 saturated heterocycles. The number of carbonyl (C=O) groups excluding carboxylic acids is 2. The van der Waals surface area contributed by atoms with Crippen LogP contribution in [-0.4, -0.2) is 17.7 Å². The van der Waals surface area contributed by atoms with E-state index in [1.165, 1.54) is 6.92 Å². The van der Waals surface area contributed by atoms with Crippen molar-refractivity contribution in [1.82, 2.24) is 5.32 Å². The Morgan fingerprint density at radius 3 is 2.82 bits per heavy atom. The van der Waals surface area contributed by atoms with Gasteiger partial charge in [-0.2, -0.15) is 0 Å². The maximum Gasteiger partial charge on any atom is 0.217 e. The number of hydrogen-bond donors (Lipinski definition) is 1. The number of nitrogens with one attached hydrogen (secondary N) is 1. The molecular weight excluding hydrogens is 142 g/mol. The summed E-state index contributed by atoms with van der Waals surface area (Å²) >= 11 is 0. The molecule has 1 rings (SSSR count). The van der Waals surface area contributed by atoms with Gasteiger partial charge in [-0.25, -0.2) is 0 Å². The number of carbonyl (C=O) groups is 2. The average Bonchev–Trinajstić information content (AvgIpc) is 1.93. The minimum atomic E-state index is -0.193. The first-order valence-electron chi connectivity index (χ1n) is 4.00. The molecule has 1 amide bonds. The molecule has 1 aliphatic rings. The third-order valence-corrected chi connectivity index (χ3v) is 1.93. The minimum Gasteiger partial charge on any atom is -0.347 e. The van der Waals surface area contributed by atoms with Crippen molar-refractivity contribution in [3.63, 3.8) is 0 Å². The van der Waals surface area contributed by atoms with E-state index in [0.717, 1.165) is 19.3 Å². The van der Waals surface area contributed by atoms with E-state index < -0.39 is 0 Å². The van der Waals surface area contributed by atoms with Crippen molar-refractivity contribution in [1.29, 1.82) is 0 Å². The van der Waals surface area contributed by atoms with Crippen LogP contribution < -0.4 is 5.32 Å². The number of hydrogen-bond acceptors (Lipinski definition) is 2. The molecule has 11 heavy (non-hydrogen) atoms. The van der Waals surface area contributed by atoms with Gasteiger partial charge >= 0.3 is 0 Å². The van der Waals surface area contributed by atoms with Crippen molar-refractivity contribution in [3.05, 3.63) is 0 Å². The molecule has 0 aromatic carbocycles. The molecule has 1 fully saturated rings. The molecule has 0 aromatic heterocycles. The molecule has 3 heteroatoms. The molecule has 0 radical (unpaired) electrons. The van der Waals surface area contributed by atoms with Gasteiger partial charge in [-0.1, -0.05) is 6.42 Å². The minimum absolute atomic E-state index is 0.106. The predicted molar refractivity (Wildman–Crippen MR) is 41.1 cm³/mol. The third kappa shape index (κ3) is 2.33. The SMILES string of the molecule is CC(=O)N[C@H]1CCCCC1=O. The molecule has 1 atom stereocenters. The number of amides is 1. The van der Waals surface area contributed by atoms with Gasteiger partial charge in [0, 0.05) is 13.3 Å². The average molecular weight is 155 g/mol. The van der Waals surface area contributed by atoms with E-state index in [2.05, 4.69) is 5.32 Å². The van der Waals surface area contributed by atoms with E-state index in [9.17, 15) is 9.59 Å². The van der Waals surface area contributed by atoms with Crippen molar-refractivity contribution in [2.75, 3.05) is 0 Å². The lowest BCUT2D eigenvalue weighted by Crippen LogP contribution is -2.41. The van der Waals surface area contributed by atoms with E-state index in [1.807, 2.05) is 0 Å². The molecule has 0 aromatic rings. The van der Waals surface area contributed by atoms with Crippen LogP contribution in [0.2, 0.25) is 0 Å². The van der Waals surface area contributed by atoms with Gasteiger partial charge in [0.15, 0.2) is 5.78 Å². The Bertz CT molecular complexity index is 177. The summed E-state index contributed by atoms with van der Waals surface area (Å²) in [6.45, 7) is 1.45. The highest BCUT2D eigenvalue weighted by atomic mass is 16.2. The van der Waals surface area contributed by atoms with Crippen LogP contribution in [0, 0.1) is 0 Å². The lowest BCUT2D eigenvalue weighted by Gasteiger charge is -2.20. The van der Waals surface area contributed by atoms with Crippen LogP contribution in [0.15, 0.2) is 0 Å². The fraction of sp³-hybridized carbons (Fsp3) is 0.750. The quantitative estimate of drug-likeness (QED) is 0.603. The Labute approximate surface area is 66.2 Å². The molecule has 0 heterocycles. The summed E-state index contributed by atoms with van der Waals surface area (Å²) < 4.78 is 0. The number of ketones is 1. The molecule has 3 nitrogen and oxygen atoms in total. The fourth-order valence-corrected chi connectivity index (χ4v) is 1.38. The van der Waals surface area contributed by atoms with Gasteiger partial charge in [0.1, 0.15) is 0 Å². The van der Waals surface area contributed by atoms with Crippen LogP contribution in [0.1, 0.15) is 32.6 Å². The van der Waals surface area contributed by atoms with Crippen molar-refractivity contribution < 1.29 is 9.59 Å². The summed E-state index contributed by atoms with van der Waals surface area (Å²) in [4.78, 5) is 21.7. The normalized spacial score (nSPS) is 24.8. The van der Waals surface area contributed by atoms with E-state index >= 15 is 0 Å². The summed E-state index contributed by atoms with van der Waals surface area (Å²) in [5, 5.41) is 2.64. The van der Waals surface area contributed by atoms with E-state index in [4.69, 9.17) is 0 Å². The van der Waals surface area contributed by atoms with Gasteiger partial charge in [0.2, 0.25) is 5.91 Å². The molecule has 1 N–H and O–H groups in total. The Balaban J connectivity index is 2.42. The van der Waals surface area contributed by atoms with Gasteiger partial charge < -0.3 is 5.32 Å². The first-order valence-corrected chi connectivity index (χ1v) is 4.00. The molecule has 0 unspecified atom stereocenters. The van der Waals surface area contributed by atoms with Gasteiger partial charge in [-0.3, -0.25) is 9.59 Å². The van der Waals surface area contributed by atoms with Crippen LogP contribution >= 0.6 is 0 Å². The van der Waals surface area contributed by atoms with Crippen molar-refractivity contribution in [3.8, 4) is 0 Å². The predicted octanol–water partition coefficient (Wildman–Crippen LogP) is 0.634. The third-order valence-electron chi connectivity index (χ3n) is 1.93. The Hall–Kier alpha value is -0.860. The second-order valence-electron chi connectivity index (χ2n) is 2.97. The Morgan fingerprint density at radius 2 is 2.27 bits per heavy atom. The molecule has 1 aliphatic carbocycles. The maximum atomic E-state index is 11.1. The summed E-state index contributed by atoms with van der Waals surface area (Å²) in [5.74, 6) is 0.0803.